The van der Waals surface area contributed by atoms with Gasteiger partial charge in [-0.2, -0.15) is 4.31 Å². The molecule has 2 aromatic rings. The summed E-state index contributed by atoms with van der Waals surface area (Å²) in [4.78, 5) is 3.85. The first-order valence-corrected chi connectivity index (χ1v) is 8.75. The van der Waals surface area contributed by atoms with Crippen LogP contribution in [0.15, 0.2) is 47.5 Å². The molecule has 2 heterocycles. The molecule has 0 N–H and O–H groups in total. The highest BCUT2D eigenvalue weighted by Crippen LogP contribution is 2.25. The monoisotopic (exact) mass is 336 g/mol. The Bertz CT molecular complexity index is 793. The van der Waals surface area contributed by atoms with Crippen molar-refractivity contribution in [1.82, 2.24) is 9.29 Å². The summed E-state index contributed by atoms with van der Waals surface area (Å²) in [5, 5.41) is 0. The van der Waals surface area contributed by atoms with E-state index < -0.39 is 15.8 Å². The Labute approximate surface area is 134 Å². The minimum atomic E-state index is -3.84. The van der Waals surface area contributed by atoms with E-state index in [2.05, 4.69) is 4.98 Å². The average Bonchev–Trinajstić information content (AvgIpc) is 2.99. The molecule has 1 aromatic heterocycles. The van der Waals surface area contributed by atoms with Gasteiger partial charge in [0, 0.05) is 18.8 Å². The molecule has 1 aliphatic rings. The number of aromatic nitrogens is 1. The number of ether oxygens (including phenoxy) is 1. The zero-order valence-corrected chi connectivity index (χ0v) is 13.5. The molecule has 3 rings (SSSR count). The third-order valence-corrected chi connectivity index (χ3v) is 5.63. The van der Waals surface area contributed by atoms with Crippen molar-refractivity contribution in [1.29, 1.82) is 0 Å². The molecule has 1 saturated heterocycles. The van der Waals surface area contributed by atoms with Crippen LogP contribution in [0.5, 0.6) is 5.88 Å². The zero-order valence-electron chi connectivity index (χ0n) is 12.6. The van der Waals surface area contributed by atoms with Crippen molar-refractivity contribution in [3.8, 4) is 5.88 Å². The smallest absolute Gasteiger partial charge is 0.246 e. The van der Waals surface area contributed by atoms with Crippen LogP contribution in [-0.4, -0.2) is 36.9 Å². The van der Waals surface area contributed by atoms with Crippen molar-refractivity contribution in [3.63, 3.8) is 0 Å². The van der Waals surface area contributed by atoms with Gasteiger partial charge in [-0.3, -0.25) is 0 Å². The van der Waals surface area contributed by atoms with Crippen molar-refractivity contribution in [2.45, 2.75) is 24.3 Å². The number of aryl methyl sites for hydroxylation is 1. The molecule has 7 heteroatoms. The molecule has 0 bridgehead atoms. The maximum atomic E-state index is 13.8. The molecule has 0 spiro atoms. The Hall–Kier alpha value is -1.99. The van der Waals surface area contributed by atoms with Crippen molar-refractivity contribution in [3.05, 3.63) is 54.0 Å². The maximum absolute atomic E-state index is 13.8. The maximum Gasteiger partial charge on any atom is 0.246 e. The summed E-state index contributed by atoms with van der Waals surface area (Å²) in [6.45, 7) is 2.41. The average molecular weight is 336 g/mol. The second kappa shape index (κ2) is 6.25. The number of hydrogen-bond acceptors (Lipinski definition) is 4. The van der Waals surface area contributed by atoms with Gasteiger partial charge < -0.3 is 4.74 Å². The van der Waals surface area contributed by atoms with E-state index in [4.69, 9.17) is 4.74 Å². The highest BCUT2D eigenvalue weighted by atomic mass is 32.2. The van der Waals surface area contributed by atoms with Crippen LogP contribution in [0, 0.1) is 12.7 Å². The molecule has 0 aliphatic carbocycles. The Morgan fingerprint density at radius 3 is 2.74 bits per heavy atom. The standard InChI is InChI=1S/C16H17FN2O3S/c1-12-6-7-16(18-10-12)22-13-8-9-19(11-13)23(20,21)15-5-3-2-4-14(15)17/h2-7,10,13H,8-9,11H2,1H3. The molecule has 0 amide bonds. The molecule has 5 nitrogen and oxygen atoms in total. The Morgan fingerprint density at radius 2 is 2.04 bits per heavy atom. The van der Waals surface area contributed by atoms with E-state index in [0.29, 0.717) is 18.8 Å². The lowest BCUT2D eigenvalue weighted by atomic mass is 10.3. The van der Waals surface area contributed by atoms with Gasteiger partial charge in [-0.15, -0.1) is 0 Å². The van der Waals surface area contributed by atoms with E-state index >= 15 is 0 Å². The molecule has 23 heavy (non-hydrogen) atoms. The highest BCUT2D eigenvalue weighted by molar-refractivity contribution is 7.89. The summed E-state index contributed by atoms with van der Waals surface area (Å²) in [6.07, 6.45) is 1.95. The topological polar surface area (TPSA) is 59.5 Å². The van der Waals surface area contributed by atoms with E-state index in [-0.39, 0.29) is 17.5 Å². The molecule has 1 fully saturated rings. The van der Waals surface area contributed by atoms with Gasteiger partial charge in [0.15, 0.2) is 0 Å². The van der Waals surface area contributed by atoms with Gasteiger partial charge in [0.2, 0.25) is 15.9 Å². The van der Waals surface area contributed by atoms with Crippen LogP contribution < -0.4 is 4.74 Å². The highest BCUT2D eigenvalue weighted by Gasteiger charge is 2.35. The number of hydrogen-bond donors (Lipinski definition) is 0. The van der Waals surface area contributed by atoms with Crippen molar-refractivity contribution in [2.75, 3.05) is 13.1 Å². The largest absolute Gasteiger partial charge is 0.473 e. The summed E-state index contributed by atoms with van der Waals surface area (Å²) >= 11 is 0. The first-order valence-electron chi connectivity index (χ1n) is 7.31. The van der Waals surface area contributed by atoms with Gasteiger partial charge in [0.05, 0.1) is 6.54 Å². The first-order chi connectivity index (χ1) is 11.0. The Balaban J connectivity index is 1.72. The third-order valence-electron chi connectivity index (χ3n) is 3.73. The molecule has 1 atom stereocenters. The quantitative estimate of drug-likeness (QED) is 0.860. The molecule has 122 valence electrons. The van der Waals surface area contributed by atoms with Gasteiger partial charge in [0.25, 0.3) is 0 Å². The van der Waals surface area contributed by atoms with Crippen LogP contribution in [0.4, 0.5) is 4.39 Å². The number of pyridine rings is 1. The first kappa shape index (κ1) is 15.9. The normalized spacial score (nSPS) is 19.0. The van der Waals surface area contributed by atoms with Crippen LogP contribution in [0.25, 0.3) is 0 Å². The van der Waals surface area contributed by atoms with E-state index in [0.717, 1.165) is 11.6 Å². The Morgan fingerprint density at radius 1 is 1.26 bits per heavy atom. The summed E-state index contributed by atoms with van der Waals surface area (Å²) in [5.74, 6) is -0.275. The molecular formula is C16H17FN2O3S. The number of halogens is 1. The zero-order chi connectivity index (χ0) is 16.4. The van der Waals surface area contributed by atoms with Crippen LogP contribution in [0.3, 0.4) is 0 Å². The molecule has 1 aromatic carbocycles. The molecule has 1 aliphatic heterocycles. The Kier molecular flexibility index (Phi) is 4.32. The predicted octanol–water partition coefficient (Wildman–Crippen LogP) is 2.37. The molecule has 1 unspecified atom stereocenters. The van der Waals surface area contributed by atoms with Crippen LogP contribution in [0.1, 0.15) is 12.0 Å². The van der Waals surface area contributed by atoms with E-state index in [1.54, 1.807) is 12.3 Å². The number of sulfonamides is 1. The molecule has 0 saturated carbocycles. The predicted molar refractivity (Wildman–Crippen MR) is 83.2 cm³/mol. The number of benzene rings is 1. The van der Waals surface area contributed by atoms with E-state index in [1.807, 2.05) is 13.0 Å². The fourth-order valence-electron chi connectivity index (χ4n) is 2.50. The fraction of sp³-hybridized carbons (Fsp3) is 0.312. The van der Waals surface area contributed by atoms with Gasteiger partial charge in [-0.25, -0.2) is 17.8 Å². The van der Waals surface area contributed by atoms with Gasteiger partial charge in [-0.05, 0) is 31.0 Å². The van der Waals surface area contributed by atoms with Gasteiger partial charge >= 0.3 is 0 Å². The summed E-state index contributed by atoms with van der Waals surface area (Å²) in [5.41, 5.74) is 1.02. The summed E-state index contributed by atoms with van der Waals surface area (Å²) in [6, 6.07) is 9.03. The molecule has 0 radical (unpaired) electrons. The second-order valence-corrected chi connectivity index (χ2v) is 7.40. The molecular weight excluding hydrogens is 319 g/mol. The number of nitrogens with zero attached hydrogens (tertiary/aromatic N) is 2. The number of rotatable bonds is 4. The van der Waals surface area contributed by atoms with Crippen LogP contribution in [0.2, 0.25) is 0 Å². The van der Waals surface area contributed by atoms with Crippen LogP contribution in [-0.2, 0) is 10.0 Å². The summed E-state index contributed by atoms with van der Waals surface area (Å²) in [7, 11) is -3.84. The third kappa shape index (κ3) is 3.35. The van der Waals surface area contributed by atoms with E-state index in [1.165, 1.54) is 22.5 Å². The van der Waals surface area contributed by atoms with Gasteiger partial charge in [-0.1, -0.05) is 18.2 Å². The van der Waals surface area contributed by atoms with Crippen molar-refractivity contribution < 1.29 is 17.5 Å². The minimum absolute atomic E-state index is 0.187. The fourth-order valence-corrected chi connectivity index (χ4v) is 4.05. The van der Waals surface area contributed by atoms with Crippen molar-refractivity contribution >= 4 is 10.0 Å². The lowest BCUT2D eigenvalue weighted by Gasteiger charge is -2.17. The van der Waals surface area contributed by atoms with Crippen LogP contribution >= 0.6 is 0 Å². The lowest BCUT2D eigenvalue weighted by molar-refractivity contribution is 0.207. The summed E-state index contributed by atoms with van der Waals surface area (Å²) < 4.78 is 45.8. The van der Waals surface area contributed by atoms with E-state index in [9.17, 15) is 12.8 Å². The van der Waals surface area contributed by atoms with Gasteiger partial charge in [0.1, 0.15) is 16.8 Å². The lowest BCUT2D eigenvalue weighted by Crippen LogP contribution is -2.31. The SMILES string of the molecule is Cc1ccc(OC2CCN(S(=O)(=O)c3ccccc3F)C2)nc1. The van der Waals surface area contributed by atoms with Crippen molar-refractivity contribution in [2.24, 2.45) is 0 Å². The second-order valence-electron chi connectivity index (χ2n) is 5.50. The minimum Gasteiger partial charge on any atom is -0.473 e.